The Bertz CT molecular complexity index is 457. The van der Waals surface area contributed by atoms with Gasteiger partial charge in [-0.2, -0.15) is 4.31 Å². The first-order chi connectivity index (χ1) is 7.93. The van der Waals surface area contributed by atoms with Gasteiger partial charge in [-0.25, -0.2) is 24.2 Å². The van der Waals surface area contributed by atoms with Crippen molar-refractivity contribution in [3.05, 3.63) is 12.4 Å². The number of nitrogen functional groups attached to an aromatic ring is 1. The molecule has 0 aliphatic rings. The number of aromatic nitrogens is 2. The van der Waals surface area contributed by atoms with Crippen LogP contribution >= 0.6 is 0 Å². The summed E-state index contributed by atoms with van der Waals surface area (Å²) in [5.74, 6) is 5.29. The van der Waals surface area contributed by atoms with E-state index >= 15 is 0 Å². The van der Waals surface area contributed by atoms with E-state index in [-0.39, 0.29) is 16.9 Å². The highest BCUT2D eigenvalue weighted by Crippen LogP contribution is 2.16. The fourth-order valence-corrected chi connectivity index (χ4v) is 3.01. The van der Waals surface area contributed by atoms with Crippen LogP contribution in [0, 0.1) is 0 Å². The van der Waals surface area contributed by atoms with Gasteiger partial charge in [0.15, 0.2) is 0 Å². The van der Waals surface area contributed by atoms with Gasteiger partial charge < -0.3 is 0 Å². The molecule has 0 spiro atoms. The molecule has 1 aromatic rings. The lowest BCUT2D eigenvalue weighted by Gasteiger charge is -2.23. The topological polar surface area (TPSA) is 101 Å². The van der Waals surface area contributed by atoms with Crippen molar-refractivity contribution in [3.63, 3.8) is 0 Å². The van der Waals surface area contributed by atoms with Crippen molar-refractivity contribution in [2.75, 3.05) is 12.0 Å². The average Bonchev–Trinajstić information content (AvgIpc) is 2.29. The zero-order valence-corrected chi connectivity index (χ0v) is 10.9. The fraction of sp³-hybridized carbons (Fsp3) is 0.556. The number of hydrogen-bond acceptors (Lipinski definition) is 6. The van der Waals surface area contributed by atoms with Crippen LogP contribution < -0.4 is 11.3 Å². The Labute approximate surface area is 101 Å². The standard InChI is InChI=1S/C9H17N5O2S/c1-4-14(7(2)3)17(15,16)8-5-11-9(13-10)12-6-8/h5-7H,4,10H2,1-3H3,(H,11,12,13). The molecule has 1 aromatic heterocycles. The molecule has 8 heteroatoms. The Morgan fingerprint density at radius 3 is 2.29 bits per heavy atom. The minimum atomic E-state index is -3.54. The number of nitrogens with two attached hydrogens (primary N) is 1. The molecule has 0 aliphatic carbocycles. The van der Waals surface area contributed by atoms with E-state index in [1.807, 2.05) is 13.8 Å². The number of rotatable bonds is 5. The third-order valence-corrected chi connectivity index (χ3v) is 4.36. The largest absolute Gasteiger partial charge is 0.292 e. The first-order valence-electron chi connectivity index (χ1n) is 5.24. The number of sulfonamides is 1. The number of hydrazine groups is 1. The summed E-state index contributed by atoms with van der Waals surface area (Å²) in [6.45, 7) is 5.82. The highest BCUT2D eigenvalue weighted by atomic mass is 32.2. The van der Waals surface area contributed by atoms with Crippen molar-refractivity contribution in [3.8, 4) is 0 Å². The molecule has 3 N–H and O–H groups in total. The molecule has 0 radical (unpaired) electrons. The van der Waals surface area contributed by atoms with E-state index in [0.717, 1.165) is 0 Å². The minimum Gasteiger partial charge on any atom is -0.292 e. The second-order valence-corrected chi connectivity index (χ2v) is 5.58. The molecule has 0 unspecified atom stereocenters. The van der Waals surface area contributed by atoms with Crippen LogP contribution in [0.4, 0.5) is 5.95 Å². The van der Waals surface area contributed by atoms with E-state index in [1.54, 1.807) is 6.92 Å². The van der Waals surface area contributed by atoms with Gasteiger partial charge in [0.2, 0.25) is 16.0 Å². The summed E-state index contributed by atoms with van der Waals surface area (Å²) in [5, 5.41) is 0. The lowest BCUT2D eigenvalue weighted by Crippen LogP contribution is -2.36. The third-order valence-electron chi connectivity index (χ3n) is 2.25. The van der Waals surface area contributed by atoms with E-state index in [0.29, 0.717) is 6.54 Å². The molecule has 0 saturated carbocycles. The van der Waals surface area contributed by atoms with E-state index < -0.39 is 10.0 Å². The SMILES string of the molecule is CCN(C(C)C)S(=O)(=O)c1cnc(NN)nc1. The Hall–Kier alpha value is -1.25. The molecule has 0 bridgehead atoms. The van der Waals surface area contributed by atoms with E-state index in [9.17, 15) is 8.42 Å². The highest BCUT2D eigenvalue weighted by molar-refractivity contribution is 7.89. The molecular formula is C9H17N5O2S. The molecule has 0 amide bonds. The second kappa shape index (κ2) is 5.39. The highest BCUT2D eigenvalue weighted by Gasteiger charge is 2.26. The van der Waals surface area contributed by atoms with Crippen molar-refractivity contribution >= 4 is 16.0 Å². The van der Waals surface area contributed by atoms with Crippen molar-refractivity contribution in [2.24, 2.45) is 5.84 Å². The summed E-state index contributed by atoms with van der Waals surface area (Å²) in [6.07, 6.45) is 2.48. The monoisotopic (exact) mass is 259 g/mol. The number of anilines is 1. The van der Waals surface area contributed by atoms with Gasteiger partial charge >= 0.3 is 0 Å². The van der Waals surface area contributed by atoms with Gasteiger partial charge in [-0.1, -0.05) is 6.92 Å². The first-order valence-corrected chi connectivity index (χ1v) is 6.68. The van der Waals surface area contributed by atoms with Crippen LogP contribution in [0.1, 0.15) is 20.8 Å². The molecule has 0 fully saturated rings. The molecule has 17 heavy (non-hydrogen) atoms. The van der Waals surface area contributed by atoms with Crippen molar-refractivity contribution in [2.45, 2.75) is 31.7 Å². The maximum atomic E-state index is 12.2. The zero-order valence-electron chi connectivity index (χ0n) is 10.1. The summed E-state index contributed by atoms with van der Waals surface area (Å²) < 4.78 is 25.8. The number of hydrogen-bond donors (Lipinski definition) is 2. The molecule has 1 heterocycles. The Balaban J connectivity index is 3.11. The van der Waals surface area contributed by atoms with Crippen LogP contribution in [0.2, 0.25) is 0 Å². The van der Waals surface area contributed by atoms with E-state index in [4.69, 9.17) is 5.84 Å². The van der Waals surface area contributed by atoms with Gasteiger partial charge in [0.1, 0.15) is 4.90 Å². The summed E-state index contributed by atoms with van der Waals surface area (Å²) >= 11 is 0. The first kappa shape index (κ1) is 13.8. The molecule has 0 saturated heterocycles. The minimum absolute atomic E-state index is 0.0621. The van der Waals surface area contributed by atoms with Gasteiger partial charge in [-0.05, 0) is 13.8 Å². The fourth-order valence-electron chi connectivity index (χ4n) is 1.47. The molecule has 96 valence electrons. The summed E-state index contributed by atoms with van der Waals surface area (Å²) in [6, 6.07) is -0.114. The molecule has 1 rings (SSSR count). The molecule has 0 aromatic carbocycles. The van der Waals surface area contributed by atoms with Crippen LogP contribution in [-0.2, 0) is 10.0 Å². The van der Waals surface area contributed by atoms with Crippen molar-refractivity contribution in [1.29, 1.82) is 0 Å². The summed E-state index contributed by atoms with van der Waals surface area (Å²) in [7, 11) is -3.54. The normalized spacial score (nSPS) is 12.1. The van der Waals surface area contributed by atoms with Crippen LogP contribution in [-0.4, -0.2) is 35.3 Å². The molecular weight excluding hydrogens is 242 g/mol. The summed E-state index contributed by atoms with van der Waals surface area (Å²) in [5.41, 5.74) is 2.24. The van der Waals surface area contributed by atoms with Crippen molar-refractivity contribution in [1.82, 2.24) is 14.3 Å². The quantitative estimate of drug-likeness (QED) is 0.578. The van der Waals surface area contributed by atoms with Crippen LogP contribution in [0.15, 0.2) is 17.3 Å². The van der Waals surface area contributed by atoms with Gasteiger partial charge in [-0.3, -0.25) is 5.43 Å². The van der Waals surface area contributed by atoms with E-state index in [1.165, 1.54) is 16.7 Å². The maximum Gasteiger partial charge on any atom is 0.246 e. The Morgan fingerprint density at radius 1 is 1.41 bits per heavy atom. The molecule has 0 atom stereocenters. The summed E-state index contributed by atoms with van der Waals surface area (Å²) in [4.78, 5) is 7.63. The lowest BCUT2D eigenvalue weighted by molar-refractivity contribution is 0.369. The van der Waals surface area contributed by atoms with Gasteiger partial charge in [-0.15, -0.1) is 0 Å². The molecule has 0 aliphatic heterocycles. The number of nitrogens with one attached hydrogen (secondary N) is 1. The number of nitrogens with zero attached hydrogens (tertiary/aromatic N) is 3. The van der Waals surface area contributed by atoms with E-state index in [2.05, 4.69) is 15.4 Å². The van der Waals surface area contributed by atoms with Crippen molar-refractivity contribution < 1.29 is 8.42 Å². The van der Waals surface area contributed by atoms with Gasteiger partial charge in [0, 0.05) is 12.6 Å². The predicted octanol–water partition coefficient (Wildman–Crippen LogP) is 0.181. The van der Waals surface area contributed by atoms with Crippen LogP contribution in [0.5, 0.6) is 0 Å². The zero-order chi connectivity index (χ0) is 13.1. The second-order valence-electron chi connectivity index (χ2n) is 3.69. The maximum absolute atomic E-state index is 12.2. The smallest absolute Gasteiger partial charge is 0.246 e. The Morgan fingerprint density at radius 2 is 1.94 bits per heavy atom. The van der Waals surface area contributed by atoms with Crippen LogP contribution in [0.25, 0.3) is 0 Å². The van der Waals surface area contributed by atoms with Crippen LogP contribution in [0.3, 0.4) is 0 Å². The Kier molecular flexibility index (Phi) is 4.38. The molecule has 7 nitrogen and oxygen atoms in total. The average molecular weight is 259 g/mol. The third kappa shape index (κ3) is 2.90. The lowest BCUT2D eigenvalue weighted by atomic mass is 10.4. The van der Waals surface area contributed by atoms with Gasteiger partial charge in [0.05, 0.1) is 12.4 Å². The van der Waals surface area contributed by atoms with Gasteiger partial charge in [0.25, 0.3) is 0 Å². The predicted molar refractivity (Wildman–Crippen MR) is 64.5 cm³/mol.